The van der Waals surface area contributed by atoms with Gasteiger partial charge in [0, 0.05) is 6.54 Å². The molecular weight excluding hydrogens is 298 g/mol. The lowest BCUT2D eigenvalue weighted by Gasteiger charge is -2.07. The summed E-state index contributed by atoms with van der Waals surface area (Å²) in [5, 5.41) is 9.37. The minimum Gasteiger partial charge on any atom is -0.508 e. The number of aromatic hydroxyl groups is 1. The number of sulfonamides is 1. The highest BCUT2D eigenvalue weighted by Gasteiger charge is 2.10. The van der Waals surface area contributed by atoms with Crippen molar-refractivity contribution in [2.75, 3.05) is 6.54 Å². The molecule has 2 aromatic rings. The Hall–Kier alpha value is -1.85. The number of phenols is 1. The Labute approximate surface area is 131 Å². The molecule has 0 unspecified atom stereocenters. The van der Waals surface area contributed by atoms with Crippen molar-refractivity contribution in [3.8, 4) is 5.75 Å². The fourth-order valence-corrected chi connectivity index (χ4v) is 3.38. The lowest BCUT2D eigenvalue weighted by Crippen LogP contribution is -2.26. The van der Waals surface area contributed by atoms with E-state index in [0.717, 1.165) is 23.1 Å². The first-order chi connectivity index (χ1) is 10.4. The predicted molar refractivity (Wildman–Crippen MR) is 88.2 cm³/mol. The van der Waals surface area contributed by atoms with E-state index in [0.29, 0.717) is 13.0 Å². The molecule has 0 saturated carbocycles. The first kappa shape index (κ1) is 16.5. The van der Waals surface area contributed by atoms with Crippen LogP contribution in [0, 0.1) is 6.92 Å². The van der Waals surface area contributed by atoms with Gasteiger partial charge in [0.2, 0.25) is 10.0 Å². The van der Waals surface area contributed by atoms with Gasteiger partial charge in [0.1, 0.15) is 5.75 Å². The van der Waals surface area contributed by atoms with Crippen molar-refractivity contribution in [2.24, 2.45) is 0 Å². The molecule has 0 heterocycles. The van der Waals surface area contributed by atoms with Crippen molar-refractivity contribution in [2.45, 2.75) is 25.5 Å². The van der Waals surface area contributed by atoms with E-state index in [2.05, 4.69) is 4.72 Å². The molecule has 5 heteroatoms. The van der Waals surface area contributed by atoms with Gasteiger partial charge in [-0.05, 0) is 43.0 Å². The van der Waals surface area contributed by atoms with Crippen LogP contribution in [-0.4, -0.2) is 20.1 Å². The summed E-state index contributed by atoms with van der Waals surface area (Å²) in [6.45, 7) is 2.36. The average molecular weight is 319 g/mol. The number of hydrogen-bond acceptors (Lipinski definition) is 3. The van der Waals surface area contributed by atoms with E-state index in [1.54, 1.807) is 18.2 Å². The third-order valence-corrected chi connectivity index (χ3v) is 4.71. The number of nitrogens with one attached hydrogen (secondary N) is 1. The average Bonchev–Trinajstić information content (AvgIpc) is 2.46. The van der Waals surface area contributed by atoms with Gasteiger partial charge in [-0.25, -0.2) is 13.1 Å². The minimum absolute atomic E-state index is 0.000590. The zero-order valence-electron chi connectivity index (χ0n) is 12.6. The van der Waals surface area contributed by atoms with Gasteiger partial charge in [0.05, 0.1) is 5.75 Å². The van der Waals surface area contributed by atoms with Crippen LogP contribution in [0.25, 0.3) is 0 Å². The van der Waals surface area contributed by atoms with Gasteiger partial charge in [-0.2, -0.15) is 0 Å². The minimum atomic E-state index is -3.31. The smallest absolute Gasteiger partial charge is 0.215 e. The van der Waals surface area contributed by atoms with Crippen LogP contribution in [-0.2, 0) is 22.2 Å². The van der Waals surface area contributed by atoms with Crippen LogP contribution < -0.4 is 4.72 Å². The molecule has 22 heavy (non-hydrogen) atoms. The molecule has 0 amide bonds. The molecule has 0 aliphatic rings. The van der Waals surface area contributed by atoms with Crippen LogP contribution in [0.2, 0.25) is 0 Å². The molecular formula is C17H21NO3S. The first-order valence-corrected chi connectivity index (χ1v) is 8.91. The summed E-state index contributed by atoms with van der Waals surface area (Å²) in [4.78, 5) is 0. The van der Waals surface area contributed by atoms with Crippen molar-refractivity contribution in [1.82, 2.24) is 4.72 Å². The molecule has 4 nitrogen and oxygen atoms in total. The molecule has 118 valence electrons. The van der Waals surface area contributed by atoms with E-state index in [-0.39, 0.29) is 11.5 Å². The summed E-state index contributed by atoms with van der Waals surface area (Å²) in [6.07, 6.45) is 1.41. The highest BCUT2D eigenvalue weighted by molar-refractivity contribution is 7.88. The molecule has 0 fully saturated rings. The molecule has 0 saturated heterocycles. The van der Waals surface area contributed by atoms with Crippen LogP contribution in [0.3, 0.4) is 0 Å². The Bertz CT molecular complexity index is 709. The van der Waals surface area contributed by atoms with E-state index >= 15 is 0 Å². The molecule has 0 aliphatic carbocycles. The topological polar surface area (TPSA) is 66.4 Å². The molecule has 2 rings (SSSR count). The third kappa shape index (κ3) is 5.50. The van der Waals surface area contributed by atoms with Gasteiger partial charge in [0.25, 0.3) is 0 Å². The molecule has 0 aromatic heterocycles. The van der Waals surface area contributed by atoms with E-state index < -0.39 is 10.0 Å². The van der Waals surface area contributed by atoms with Gasteiger partial charge in [-0.1, -0.05) is 42.0 Å². The molecule has 0 aliphatic heterocycles. The maximum atomic E-state index is 12.0. The van der Waals surface area contributed by atoms with E-state index in [4.69, 9.17) is 0 Å². The molecule has 2 N–H and O–H groups in total. The fraction of sp³-hybridized carbons (Fsp3) is 0.294. The van der Waals surface area contributed by atoms with E-state index in [1.165, 1.54) is 0 Å². The fourth-order valence-electron chi connectivity index (χ4n) is 2.19. The Morgan fingerprint density at radius 3 is 2.45 bits per heavy atom. The van der Waals surface area contributed by atoms with Crippen LogP contribution in [0.5, 0.6) is 5.75 Å². The predicted octanol–water partition coefficient (Wildman–Crippen LogP) is 2.75. The highest BCUT2D eigenvalue weighted by Crippen LogP contribution is 2.12. The largest absolute Gasteiger partial charge is 0.508 e. The zero-order chi connectivity index (χ0) is 16.0. The number of rotatable bonds is 7. The molecule has 2 aromatic carbocycles. The lowest BCUT2D eigenvalue weighted by molar-refractivity contribution is 0.474. The summed E-state index contributed by atoms with van der Waals surface area (Å²) in [5.41, 5.74) is 2.89. The van der Waals surface area contributed by atoms with Gasteiger partial charge >= 0.3 is 0 Å². The van der Waals surface area contributed by atoms with Crippen LogP contribution in [0.4, 0.5) is 0 Å². The van der Waals surface area contributed by atoms with Crippen LogP contribution >= 0.6 is 0 Å². The van der Waals surface area contributed by atoms with Gasteiger partial charge in [-0.3, -0.25) is 0 Å². The van der Waals surface area contributed by atoms with Crippen molar-refractivity contribution in [1.29, 1.82) is 0 Å². The summed E-state index contributed by atoms with van der Waals surface area (Å²) in [6, 6.07) is 14.5. The maximum absolute atomic E-state index is 12.0. The number of hydrogen-bond donors (Lipinski definition) is 2. The second kappa shape index (κ2) is 7.42. The molecule has 0 radical (unpaired) electrons. The lowest BCUT2D eigenvalue weighted by atomic mass is 10.1. The highest BCUT2D eigenvalue weighted by atomic mass is 32.2. The summed E-state index contributed by atoms with van der Waals surface area (Å²) < 4.78 is 26.6. The van der Waals surface area contributed by atoms with Crippen molar-refractivity contribution >= 4 is 10.0 Å². The molecule has 0 bridgehead atoms. The number of phenolic OH excluding ortho intramolecular Hbond substituents is 1. The summed E-state index contributed by atoms with van der Waals surface area (Å²) >= 11 is 0. The van der Waals surface area contributed by atoms with Gasteiger partial charge < -0.3 is 5.11 Å². The summed E-state index contributed by atoms with van der Waals surface area (Å²) in [5.74, 6) is 0.233. The Morgan fingerprint density at radius 1 is 1.05 bits per heavy atom. The number of benzene rings is 2. The zero-order valence-corrected chi connectivity index (χ0v) is 13.4. The normalized spacial score (nSPS) is 11.5. The van der Waals surface area contributed by atoms with Crippen LogP contribution in [0.15, 0.2) is 48.5 Å². The van der Waals surface area contributed by atoms with Crippen molar-refractivity contribution in [3.63, 3.8) is 0 Å². The standard InChI is InChI=1S/C17H21NO3S/c1-14-7-9-16(10-8-14)13-22(20,21)18-11-3-5-15-4-2-6-17(19)12-15/h2,4,6-10,12,18-19H,3,5,11,13H2,1H3. The second-order valence-electron chi connectivity index (χ2n) is 5.41. The Balaban J connectivity index is 1.79. The quantitative estimate of drug-likeness (QED) is 0.771. The van der Waals surface area contributed by atoms with E-state index in [9.17, 15) is 13.5 Å². The van der Waals surface area contributed by atoms with Crippen molar-refractivity contribution in [3.05, 3.63) is 65.2 Å². The van der Waals surface area contributed by atoms with Crippen LogP contribution in [0.1, 0.15) is 23.1 Å². The van der Waals surface area contributed by atoms with Gasteiger partial charge in [-0.15, -0.1) is 0 Å². The molecule has 0 atom stereocenters. The van der Waals surface area contributed by atoms with Gasteiger partial charge in [0.15, 0.2) is 0 Å². The Kier molecular flexibility index (Phi) is 5.57. The summed E-state index contributed by atoms with van der Waals surface area (Å²) in [7, 11) is -3.31. The monoisotopic (exact) mass is 319 g/mol. The Morgan fingerprint density at radius 2 is 1.77 bits per heavy atom. The SMILES string of the molecule is Cc1ccc(CS(=O)(=O)NCCCc2cccc(O)c2)cc1. The first-order valence-electron chi connectivity index (χ1n) is 7.25. The van der Waals surface area contributed by atoms with E-state index in [1.807, 2.05) is 37.3 Å². The molecule has 0 spiro atoms. The van der Waals surface area contributed by atoms with Crippen molar-refractivity contribution < 1.29 is 13.5 Å². The third-order valence-electron chi connectivity index (χ3n) is 3.35. The number of aryl methyl sites for hydroxylation is 2. The second-order valence-corrected chi connectivity index (χ2v) is 7.22. The maximum Gasteiger partial charge on any atom is 0.215 e.